The maximum absolute atomic E-state index is 12.4. The molecule has 0 saturated carbocycles. The van der Waals surface area contributed by atoms with E-state index in [0.29, 0.717) is 35.2 Å². The van der Waals surface area contributed by atoms with E-state index < -0.39 is 0 Å². The van der Waals surface area contributed by atoms with Gasteiger partial charge in [0.25, 0.3) is 0 Å². The Labute approximate surface area is 177 Å². The van der Waals surface area contributed by atoms with Crippen molar-refractivity contribution >= 4 is 29.3 Å². The predicted molar refractivity (Wildman–Crippen MR) is 118 cm³/mol. The van der Waals surface area contributed by atoms with Crippen LogP contribution in [0.3, 0.4) is 0 Å². The second-order valence-electron chi connectivity index (χ2n) is 6.53. The molecule has 0 radical (unpaired) electrons. The van der Waals surface area contributed by atoms with Crippen LogP contribution in [0.15, 0.2) is 42.5 Å². The fourth-order valence-corrected chi connectivity index (χ4v) is 2.67. The van der Waals surface area contributed by atoms with Crippen LogP contribution in [0, 0.1) is 0 Å². The zero-order valence-electron chi connectivity index (χ0n) is 17.8. The lowest BCUT2D eigenvalue weighted by Crippen LogP contribution is -2.10. The number of nitrogens with one attached hydrogen (secondary N) is 2. The summed E-state index contributed by atoms with van der Waals surface area (Å²) in [6.07, 6.45) is 5.11. The molecular weight excluding hydrogens is 384 g/mol. The Balaban J connectivity index is 2.09. The second-order valence-corrected chi connectivity index (χ2v) is 6.53. The summed E-state index contributed by atoms with van der Waals surface area (Å²) >= 11 is 0. The summed E-state index contributed by atoms with van der Waals surface area (Å²) in [7, 11) is 3.09. The zero-order valence-corrected chi connectivity index (χ0v) is 17.8. The Morgan fingerprint density at radius 3 is 2.37 bits per heavy atom. The molecule has 0 heterocycles. The van der Waals surface area contributed by atoms with Crippen LogP contribution in [0.1, 0.15) is 32.3 Å². The highest BCUT2D eigenvalue weighted by atomic mass is 16.5. The van der Waals surface area contributed by atoms with Crippen LogP contribution in [0.4, 0.5) is 11.4 Å². The molecule has 0 aromatic heterocycles. The molecule has 2 N–H and O–H groups in total. The van der Waals surface area contributed by atoms with Gasteiger partial charge in [-0.25, -0.2) is 0 Å². The number of amides is 2. The van der Waals surface area contributed by atoms with E-state index >= 15 is 0 Å². The third-order valence-electron chi connectivity index (χ3n) is 4.15. The smallest absolute Gasteiger partial charge is 0.248 e. The molecule has 0 bridgehead atoms. The molecule has 0 aliphatic heterocycles. The summed E-state index contributed by atoms with van der Waals surface area (Å²) in [5, 5.41) is 5.44. The highest BCUT2D eigenvalue weighted by Gasteiger charge is 2.09. The molecule has 0 aliphatic carbocycles. The third-order valence-corrected chi connectivity index (χ3v) is 4.15. The van der Waals surface area contributed by atoms with E-state index in [9.17, 15) is 9.59 Å². The normalized spacial score (nSPS) is 10.5. The number of rotatable bonds is 10. The highest BCUT2D eigenvalue weighted by molar-refractivity contribution is 6.03. The molecule has 0 spiro atoms. The van der Waals surface area contributed by atoms with Crippen molar-refractivity contribution in [1.82, 2.24) is 0 Å². The van der Waals surface area contributed by atoms with Gasteiger partial charge in [0.1, 0.15) is 5.75 Å². The van der Waals surface area contributed by atoms with Crippen molar-refractivity contribution in [3.63, 3.8) is 0 Å². The number of anilines is 2. The molecule has 2 rings (SSSR count). The topological polar surface area (TPSA) is 85.9 Å². The summed E-state index contributed by atoms with van der Waals surface area (Å²) in [4.78, 5) is 23.6. The number of unbranched alkanes of at least 4 members (excludes halogenated alkanes) is 1. The van der Waals surface area contributed by atoms with Gasteiger partial charge in [0.2, 0.25) is 11.8 Å². The Morgan fingerprint density at radius 2 is 1.70 bits per heavy atom. The van der Waals surface area contributed by atoms with Gasteiger partial charge < -0.3 is 24.8 Å². The SMILES string of the molecule is CCCCOc1ccc(/C=C/C(=O)Nc2cc(NC(C)=O)ccc2OC)cc1OC. The lowest BCUT2D eigenvalue weighted by atomic mass is 10.2. The minimum atomic E-state index is -0.337. The average molecular weight is 412 g/mol. The summed E-state index contributed by atoms with van der Waals surface area (Å²) in [6.45, 7) is 4.15. The highest BCUT2D eigenvalue weighted by Crippen LogP contribution is 2.29. The van der Waals surface area contributed by atoms with Gasteiger partial charge in [-0.15, -0.1) is 0 Å². The van der Waals surface area contributed by atoms with Crippen molar-refractivity contribution in [2.24, 2.45) is 0 Å². The first-order valence-corrected chi connectivity index (χ1v) is 9.72. The molecule has 0 atom stereocenters. The minimum Gasteiger partial charge on any atom is -0.495 e. The molecule has 2 aromatic rings. The number of carbonyl (C=O) groups is 2. The van der Waals surface area contributed by atoms with E-state index in [2.05, 4.69) is 17.6 Å². The first-order valence-electron chi connectivity index (χ1n) is 9.72. The van der Waals surface area contributed by atoms with Gasteiger partial charge in [0.05, 0.1) is 26.5 Å². The van der Waals surface area contributed by atoms with E-state index in [4.69, 9.17) is 14.2 Å². The third kappa shape index (κ3) is 6.84. The predicted octanol–water partition coefficient (Wildman–Crippen LogP) is 4.49. The molecule has 160 valence electrons. The van der Waals surface area contributed by atoms with Crippen LogP contribution in [-0.2, 0) is 9.59 Å². The van der Waals surface area contributed by atoms with E-state index in [1.807, 2.05) is 18.2 Å². The van der Waals surface area contributed by atoms with Crippen molar-refractivity contribution in [2.75, 3.05) is 31.5 Å². The monoisotopic (exact) mass is 412 g/mol. The maximum atomic E-state index is 12.4. The molecule has 0 fully saturated rings. The molecule has 0 unspecified atom stereocenters. The van der Waals surface area contributed by atoms with E-state index in [-0.39, 0.29) is 11.8 Å². The summed E-state index contributed by atoms with van der Waals surface area (Å²) < 4.78 is 16.4. The lowest BCUT2D eigenvalue weighted by molar-refractivity contribution is -0.114. The average Bonchev–Trinajstić information content (AvgIpc) is 2.72. The van der Waals surface area contributed by atoms with Crippen LogP contribution in [0.25, 0.3) is 6.08 Å². The van der Waals surface area contributed by atoms with Crippen molar-refractivity contribution < 1.29 is 23.8 Å². The largest absolute Gasteiger partial charge is 0.495 e. The second kappa shape index (κ2) is 11.5. The summed E-state index contributed by atoms with van der Waals surface area (Å²) in [5.74, 6) is 1.23. The number of ether oxygens (including phenoxy) is 3. The molecule has 7 nitrogen and oxygen atoms in total. The van der Waals surface area contributed by atoms with Crippen LogP contribution in [-0.4, -0.2) is 32.6 Å². The van der Waals surface area contributed by atoms with Crippen LogP contribution in [0.5, 0.6) is 17.2 Å². The molecule has 0 saturated heterocycles. The van der Waals surface area contributed by atoms with Crippen molar-refractivity contribution in [3.05, 3.63) is 48.0 Å². The molecule has 30 heavy (non-hydrogen) atoms. The lowest BCUT2D eigenvalue weighted by Gasteiger charge is -2.12. The number of hydrogen-bond acceptors (Lipinski definition) is 5. The van der Waals surface area contributed by atoms with Gasteiger partial charge >= 0.3 is 0 Å². The fraction of sp³-hybridized carbons (Fsp3) is 0.304. The van der Waals surface area contributed by atoms with E-state index in [1.54, 1.807) is 31.4 Å². The van der Waals surface area contributed by atoms with Gasteiger partial charge in [-0.05, 0) is 48.4 Å². The Kier molecular flexibility index (Phi) is 8.75. The minimum absolute atomic E-state index is 0.201. The van der Waals surface area contributed by atoms with Gasteiger partial charge in [0.15, 0.2) is 11.5 Å². The van der Waals surface area contributed by atoms with Crippen molar-refractivity contribution in [3.8, 4) is 17.2 Å². The Morgan fingerprint density at radius 1 is 0.967 bits per heavy atom. The van der Waals surface area contributed by atoms with Gasteiger partial charge in [-0.2, -0.15) is 0 Å². The quantitative estimate of drug-likeness (QED) is 0.443. The van der Waals surface area contributed by atoms with Gasteiger partial charge in [-0.1, -0.05) is 19.4 Å². The van der Waals surface area contributed by atoms with E-state index in [0.717, 1.165) is 18.4 Å². The summed E-state index contributed by atoms with van der Waals surface area (Å²) in [6, 6.07) is 10.5. The number of carbonyl (C=O) groups excluding carboxylic acids is 2. The van der Waals surface area contributed by atoms with Crippen molar-refractivity contribution in [1.29, 1.82) is 0 Å². The number of methoxy groups -OCH3 is 2. The molecule has 0 aliphatic rings. The number of benzene rings is 2. The molecule has 2 aromatic carbocycles. The first kappa shape index (κ1) is 22.8. The van der Waals surface area contributed by atoms with Crippen molar-refractivity contribution in [2.45, 2.75) is 26.7 Å². The van der Waals surface area contributed by atoms with Crippen LogP contribution in [0.2, 0.25) is 0 Å². The maximum Gasteiger partial charge on any atom is 0.248 e. The van der Waals surface area contributed by atoms with Gasteiger partial charge in [-0.3, -0.25) is 9.59 Å². The molecule has 7 heteroatoms. The molecule has 2 amide bonds. The summed E-state index contributed by atoms with van der Waals surface area (Å²) in [5.41, 5.74) is 1.81. The molecular formula is C23H28N2O5. The fourth-order valence-electron chi connectivity index (χ4n) is 2.67. The Hall–Kier alpha value is -3.48. The van der Waals surface area contributed by atoms with E-state index in [1.165, 1.54) is 20.1 Å². The Bertz CT molecular complexity index is 908. The van der Waals surface area contributed by atoms with Crippen LogP contribution < -0.4 is 24.8 Å². The van der Waals surface area contributed by atoms with Gasteiger partial charge in [0, 0.05) is 18.7 Å². The first-order chi connectivity index (χ1) is 14.5. The van der Waals surface area contributed by atoms with Crippen LogP contribution >= 0.6 is 0 Å². The zero-order chi connectivity index (χ0) is 21.9. The number of hydrogen-bond donors (Lipinski definition) is 2. The standard InChI is InChI=1S/C23H28N2O5/c1-5-6-13-30-21-10-7-17(14-22(21)29-4)8-12-23(27)25-19-15-18(24-16(2)26)9-11-20(19)28-3/h7-12,14-15H,5-6,13H2,1-4H3,(H,24,26)(H,25,27)/b12-8+.